The van der Waals surface area contributed by atoms with Crippen LogP contribution in [0.5, 0.6) is 0 Å². The highest BCUT2D eigenvalue weighted by Crippen LogP contribution is 2.22. The van der Waals surface area contributed by atoms with Crippen LogP contribution >= 0.6 is 11.3 Å². The minimum atomic E-state index is 0.311. The van der Waals surface area contributed by atoms with Gasteiger partial charge in [-0.25, -0.2) is 4.99 Å². The number of rotatable bonds is 9. The topological polar surface area (TPSA) is 57.5 Å². The summed E-state index contributed by atoms with van der Waals surface area (Å²) < 4.78 is 1.94. The van der Waals surface area contributed by atoms with Crippen LogP contribution in [-0.2, 0) is 13.1 Å². The highest BCUT2D eigenvalue weighted by Gasteiger charge is 2.15. The van der Waals surface area contributed by atoms with E-state index in [1.165, 1.54) is 16.0 Å². The third-order valence-electron chi connectivity index (χ3n) is 4.72. The molecule has 0 radical (unpaired) electrons. The SMILES string of the molecule is CCNC(=NCc1ccccc1Cn1cccn1)NCC(c1cccs1)N(C)C. The second kappa shape index (κ2) is 10.8. The Bertz CT molecular complexity index is 871. The predicted octanol–water partition coefficient (Wildman–Crippen LogP) is 3.35. The van der Waals surface area contributed by atoms with E-state index in [2.05, 4.69) is 83.4 Å². The first-order valence-electron chi connectivity index (χ1n) is 9.93. The zero-order valence-electron chi connectivity index (χ0n) is 17.4. The monoisotopic (exact) mass is 410 g/mol. The first-order chi connectivity index (χ1) is 14.2. The summed E-state index contributed by atoms with van der Waals surface area (Å²) in [5.74, 6) is 0.838. The molecule has 0 aliphatic rings. The number of thiophene rings is 1. The zero-order valence-corrected chi connectivity index (χ0v) is 18.2. The molecule has 154 valence electrons. The number of aliphatic imine (C=N–C) groups is 1. The van der Waals surface area contributed by atoms with Crippen molar-refractivity contribution in [2.45, 2.75) is 26.1 Å². The molecular formula is C22H30N6S. The molecule has 1 unspecified atom stereocenters. The first kappa shape index (κ1) is 21.1. The van der Waals surface area contributed by atoms with Crippen molar-refractivity contribution in [3.05, 3.63) is 76.2 Å². The molecule has 2 N–H and O–H groups in total. The summed E-state index contributed by atoms with van der Waals surface area (Å²) in [6.07, 6.45) is 3.79. The molecule has 0 saturated heterocycles. The molecule has 1 atom stereocenters. The molecular weight excluding hydrogens is 380 g/mol. The summed E-state index contributed by atoms with van der Waals surface area (Å²) in [6.45, 7) is 5.09. The molecule has 2 aromatic heterocycles. The predicted molar refractivity (Wildman–Crippen MR) is 121 cm³/mol. The highest BCUT2D eigenvalue weighted by atomic mass is 32.1. The molecule has 0 bridgehead atoms. The second-order valence-electron chi connectivity index (χ2n) is 7.04. The summed E-state index contributed by atoms with van der Waals surface area (Å²) in [5, 5.41) is 13.3. The van der Waals surface area contributed by atoms with Gasteiger partial charge < -0.3 is 15.5 Å². The number of hydrogen-bond donors (Lipinski definition) is 2. The van der Waals surface area contributed by atoms with Gasteiger partial charge in [0, 0.05) is 30.4 Å². The van der Waals surface area contributed by atoms with Crippen LogP contribution in [-0.4, -0.2) is 47.8 Å². The summed E-state index contributed by atoms with van der Waals surface area (Å²) in [6, 6.07) is 15.0. The summed E-state index contributed by atoms with van der Waals surface area (Å²) in [7, 11) is 4.23. The molecule has 3 rings (SSSR count). The van der Waals surface area contributed by atoms with Crippen LogP contribution in [0, 0.1) is 0 Å². The lowest BCUT2D eigenvalue weighted by molar-refractivity contribution is 0.302. The number of nitrogens with zero attached hydrogens (tertiary/aromatic N) is 4. The summed E-state index contributed by atoms with van der Waals surface area (Å²) >= 11 is 1.79. The van der Waals surface area contributed by atoms with Crippen molar-refractivity contribution in [3.63, 3.8) is 0 Å². The van der Waals surface area contributed by atoms with E-state index in [0.717, 1.165) is 25.6 Å². The van der Waals surface area contributed by atoms with Gasteiger partial charge in [-0.1, -0.05) is 30.3 Å². The molecule has 0 spiro atoms. The Hall–Kier alpha value is -2.64. The van der Waals surface area contributed by atoms with Gasteiger partial charge in [0.05, 0.1) is 19.1 Å². The van der Waals surface area contributed by atoms with Gasteiger partial charge in [0.1, 0.15) is 0 Å². The third kappa shape index (κ3) is 6.17. The summed E-state index contributed by atoms with van der Waals surface area (Å²) in [4.78, 5) is 8.42. The lowest BCUT2D eigenvalue weighted by Gasteiger charge is -2.24. The molecule has 1 aromatic carbocycles. The van der Waals surface area contributed by atoms with Crippen molar-refractivity contribution in [1.29, 1.82) is 0 Å². The molecule has 0 saturated carbocycles. The van der Waals surface area contributed by atoms with Gasteiger partial charge in [0.2, 0.25) is 0 Å². The quantitative estimate of drug-likeness (QED) is 0.420. The Morgan fingerprint density at radius 1 is 1.14 bits per heavy atom. The minimum absolute atomic E-state index is 0.311. The number of guanidine groups is 1. The molecule has 0 aliphatic carbocycles. The van der Waals surface area contributed by atoms with Gasteiger partial charge in [-0.2, -0.15) is 5.10 Å². The number of hydrogen-bond acceptors (Lipinski definition) is 4. The number of benzene rings is 1. The van der Waals surface area contributed by atoms with E-state index in [1.54, 1.807) is 11.3 Å². The largest absolute Gasteiger partial charge is 0.357 e. The van der Waals surface area contributed by atoms with Crippen molar-refractivity contribution in [2.75, 3.05) is 27.2 Å². The minimum Gasteiger partial charge on any atom is -0.357 e. The lowest BCUT2D eigenvalue weighted by atomic mass is 10.1. The van der Waals surface area contributed by atoms with E-state index in [0.29, 0.717) is 12.6 Å². The zero-order chi connectivity index (χ0) is 20.5. The fraction of sp³-hybridized carbons (Fsp3) is 0.364. The average Bonchev–Trinajstić information content (AvgIpc) is 3.41. The van der Waals surface area contributed by atoms with Crippen molar-refractivity contribution in [2.24, 2.45) is 4.99 Å². The molecule has 0 amide bonds. The fourth-order valence-corrected chi connectivity index (χ4v) is 4.07. The van der Waals surface area contributed by atoms with Crippen LogP contribution in [0.25, 0.3) is 0 Å². The highest BCUT2D eigenvalue weighted by molar-refractivity contribution is 7.10. The van der Waals surface area contributed by atoms with Crippen LogP contribution in [0.4, 0.5) is 0 Å². The lowest BCUT2D eigenvalue weighted by Crippen LogP contribution is -2.41. The van der Waals surface area contributed by atoms with E-state index >= 15 is 0 Å². The molecule has 2 heterocycles. The molecule has 0 aliphatic heterocycles. The second-order valence-corrected chi connectivity index (χ2v) is 8.02. The van der Waals surface area contributed by atoms with Crippen LogP contribution in [0.1, 0.15) is 29.0 Å². The van der Waals surface area contributed by atoms with Gasteiger partial charge in [0.15, 0.2) is 5.96 Å². The van der Waals surface area contributed by atoms with Crippen LogP contribution in [0.2, 0.25) is 0 Å². The van der Waals surface area contributed by atoms with E-state index in [-0.39, 0.29) is 0 Å². The normalized spacial score (nSPS) is 12.9. The smallest absolute Gasteiger partial charge is 0.191 e. The molecule has 6 nitrogen and oxygen atoms in total. The van der Waals surface area contributed by atoms with Crippen LogP contribution in [0.3, 0.4) is 0 Å². The van der Waals surface area contributed by atoms with Crippen molar-refractivity contribution in [3.8, 4) is 0 Å². The van der Waals surface area contributed by atoms with Gasteiger partial charge >= 0.3 is 0 Å². The maximum atomic E-state index is 4.84. The Morgan fingerprint density at radius 3 is 2.62 bits per heavy atom. The number of aromatic nitrogens is 2. The Morgan fingerprint density at radius 2 is 1.97 bits per heavy atom. The van der Waals surface area contributed by atoms with E-state index in [4.69, 9.17) is 4.99 Å². The van der Waals surface area contributed by atoms with Crippen LogP contribution in [0.15, 0.2) is 65.2 Å². The Balaban J connectivity index is 1.68. The van der Waals surface area contributed by atoms with Gasteiger partial charge in [-0.05, 0) is 49.7 Å². The van der Waals surface area contributed by atoms with Crippen molar-refractivity contribution in [1.82, 2.24) is 25.3 Å². The first-order valence-corrected chi connectivity index (χ1v) is 10.8. The Kier molecular flexibility index (Phi) is 7.84. The standard InChI is InChI=1S/C22H30N6S/c1-4-23-22(25-16-20(27(2)3)21-11-7-14-29-21)24-15-18-9-5-6-10-19(18)17-28-13-8-12-26-28/h5-14,20H,4,15-17H2,1-3H3,(H2,23,24,25). The maximum absolute atomic E-state index is 4.84. The van der Waals surface area contributed by atoms with Crippen molar-refractivity contribution >= 4 is 17.3 Å². The van der Waals surface area contributed by atoms with Crippen molar-refractivity contribution < 1.29 is 0 Å². The van der Waals surface area contributed by atoms with E-state index in [9.17, 15) is 0 Å². The molecule has 0 fully saturated rings. The molecule has 3 aromatic rings. The molecule has 29 heavy (non-hydrogen) atoms. The maximum Gasteiger partial charge on any atom is 0.191 e. The van der Waals surface area contributed by atoms with Gasteiger partial charge in [-0.3, -0.25) is 4.68 Å². The Labute approximate surface area is 177 Å². The van der Waals surface area contributed by atoms with E-state index in [1.807, 2.05) is 23.1 Å². The third-order valence-corrected chi connectivity index (χ3v) is 5.69. The van der Waals surface area contributed by atoms with Gasteiger partial charge in [0.25, 0.3) is 0 Å². The number of likely N-dealkylation sites (N-methyl/N-ethyl adjacent to an activating group) is 1. The van der Waals surface area contributed by atoms with Gasteiger partial charge in [-0.15, -0.1) is 11.3 Å². The fourth-order valence-electron chi connectivity index (χ4n) is 3.15. The van der Waals surface area contributed by atoms with Crippen LogP contribution < -0.4 is 10.6 Å². The molecule has 7 heteroatoms. The number of nitrogens with one attached hydrogen (secondary N) is 2. The average molecular weight is 411 g/mol. The summed E-state index contributed by atoms with van der Waals surface area (Å²) in [5.41, 5.74) is 2.45. The van der Waals surface area contributed by atoms with E-state index < -0.39 is 0 Å².